The van der Waals surface area contributed by atoms with E-state index in [0.29, 0.717) is 11.0 Å². The molecule has 0 bridgehead atoms. The van der Waals surface area contributed by atoms with Crippen LogP contribution in [0.5, 0.6) is 5.75 Å². The Morgan fingerprint density at radius 1 is 1.19 bits per heavy atom. The number of hydrogen-bond acceptors (Lipinski definition) is 5. The van der Waals surface area contributed by atoms with Crippen LogP contribution < -0.4 is 15.6 Å². The maximum absolute atomic E-state index is 12.7. The van der Waals surface area contributed by atoms with E-state index in [-0.39, 0.29) is 17.3 Å². The molecule has 0 saturated carbocycles. The van der Waals surface area contributed by atoms with E-state index in [2.05, 4.69) is 20.6 Å². The Bertz CT molecular complexity index is 1190. The van der Waals surface area contributed by atoms with Crippen molar-refractivity contribution in [2.45, 2.75) is 13.0 Å². The second-order valence-electron chi connectivity index (χ2n) is 6.14. The van der Waals surface area contributed by atoms with Crippen molar-refractivity contribution in [1.82, 2.24) is 25.1 Å². The van der Waals surface area contributed by atoms with E-state index < -0.39 is 11.5 Å². The average molecular weight is 363 g/mol. The Balaban J connectivity index is 1.68. The van der Waals surface area contributed by atoms with Crippen molar-refractivity contribution in [3.8, 4) is 5.75 Å². The lowest BCUT2D eigenvalue weighted by atomic mass is 10.1. The van der Waals surface area contributed by atoms with Gasteiger partial charge in [-0.15, -0.1) is 5.10 Å². The number of H-pyrrole nitrogens is 1. The maximum atomic E-state index is 12.7. The van der Waals surface area contributed by atoms with Gasteiger partial charge < -0.3 is 15.0 Å². The molecule has 0 spiro atoms. The minimum Gasteiger partial charge on any atom is -0.497 e. The Morgan fingerprint density at radius 2 is 1.93 bits per heavy atom. The molecule has 0 radical (unpaired) electrons. The van der Waals surface area contributed by atoms with Gasteiger partial charge in [0.25, 0.3) is 11.5 Å². The predicted molar refractivity (Wildman–Crippen MR) is 100.0 cm³/mol. The van der Waals surface area contributed by atoms with Crippen molar-refractivity contribution < 1.29 is 9.53 Å². The Labute approximate surface area is 153 Å². The molecule has 1 atom stereocenters. The van der Waals surface area contributed by atoms with Gasteiger partial charge in [0, 0.05) is 0 Å². The summed E-state index contributed by atoms with van der Waals surface area (Å²) in [6.45, 7) is 1.85. The minimum absolute atomic E-state index is 0.0117. The van der Waals surface area contributed by atoms with Crippen LogP contribution in [0.1, 0.15) is 29.0 Å². The van der Waals surface area contributed by atoms with Crippen LogP contribution in [0.4, 0.5) is 0 Å². The molecule has 136 valence electrons. The SMILES string of the molecule is COc1ccc([C@H](C)NC(=O)c2nnn3c2c(=O)[nH]c2ccccc23)cc1. The molecule has 0 unspecified atom stereocenters. The van der Waals surface area contributed by atoms with Crippen LogP contribution in [-0.2, 0) is 0 Å². The number of methoxy groups -OCH3 is 1. The maximum Gasteiger partial charge on any atom is 0.277 e. The summed E-state index contributed by atoms with van der Waals surface area (Å²) in [5, 5.41) is 10.8. The van der Waals surface area contributed by atoms with Crippen LogP contribution in [0.25, 0.3) is 16.6 Å². The number of carbonyl (C=O) groups excluding carboxylic acids is 1. The molecule has 2 aromatic carbocycles. The third-order valence-corrected chi connectivity index (χ3v) is 4.44. The van der Waals surface area contributed by atoms with Crippen LogP contribution in [0.15, 0.2) is 53.3 Å². The van der Waals surface area contributed by atoms with E-state index >= 15 is 0 Å². The highest BCUT2D eigenvalue weighted by Crippen LogP contribution is 2.18. The number of carbonyl (C=O) groups is 1. The van der Waals surface area contributed by atoms with E-state index in [1.165, 1.54) is 4.52 Å². The van der Waals surface area contributed by atoms with Crippen LogP contribution >= 0.6 is 0 Å². The number of hydrogen-bond donors (Lipinski definition) is 2. The highest BCUT2D eigenvalue weighted by atomic mass is 16.5. The fourth-order valence-corrected chi connectivity index (χ4v) is 2.99. The Hall–Kier alpha value is -3.68. The van der Waals surface area contributed by atoms with Gasteiger partial charge in [0.05, 0.1) is 24.2 Å². The summed E-state index contributed by atoms with van der Waals surface area (Å²) in [6.07, 6.45) is 0. The van der Waals surface area contributed by atoms with Gasteiger partial charge in [0.2, 0.25) is 0 Å². The van der Waals surface area contributed by atoms with Gasteiger partial charge in [-0.3, -0.25) is 9.59 Å². The zero-order valence-electron chi connectivity index (χ0n) is 14.8. The monoisotopic (exact) mass is 363 g/mol. The molecule has 8 heteroatoms. The molecular weight excluding hydrogens is 346 g/mol. The molecule has 0 aliphatic rings. The first-order chi connectivity index (χ1) is 13.1. The standard InChI is InChI=1S/C19H17N5O3/c1-11(12-7-9-13(27-2)10-8-12)20-18(25)16-17-19(26)21-14-5-3-4-6-15(14)24(17)23-22-16/h3-11H,1-2H3,(H,20,25)(H,21,26)/t11-/m0/s1. The van der Waals surface area contributed by atoms with Crippen molar-refractivity contribution in [2.24, 2.45) is 0 Å². The summed E-state index contributed by atoms with van der Waals surface area (Å²) < 4.78 is 6.53. The van der Waals surface area contributed by atoms with Crippen LogP contribution in [0, 0.1) is 0 Å². The summed E-state index contributed by atoms with van der Waals surface area (Å²) in [6, 6.07) is 14.3. The summed E-state index contributed by atoms with van der Waals surface area (Å²) >= 11 is 0. The number of aromatic amines is 1. The third-order valence-electron chi connectivity index (χ3n) is 4.44. The van der Waals surface area contributed by atoms with Crippen molar-refractivity contribution in [3.05, 3.63) is 70.1 Å². The lowest BCUT2D eigenvalue weighted by molar-refractivity contribution is 0.0936. The predicted octanol–water partition coefficient (Wildman–Crippen LogP) is 2.07. The van der Waals surface area contributed by atoms with Gasteiger partial charge in [-0.25, -0.2) is 4.52 Å². The summed E-state index contributed by atoms with van der Waals surface area (Å²) in [5.74, 6) is 0.272. The third kappa shape index (κ3) is 2.91. The van der Waals surface area contributed by atoms with Gasteiger partial charge in [0.1, 0.15) is 5.75 Å². The van der Waals surface area contributed by atoms with Gasteiger partial charge in [-0.1, -0.05) is 29.5 Å². The molecule has 2 heterocycles. The summed E-state index contributed by atoms with van der Waals surface area (Å²) in [5.41, 5.74) is 1.89. The minimum atomic E-state index is -0.464. The lowest BCUT2D eigenvalue weighted by Crippen LogP contribution is -2.28. The molecule has 4 rings (SSSR count). The van der Waals surface area contributed by atoms with E-state index in [4.69, 9.17) is 4.74 Å². The highest BCUT2D eigenvalue weighted by molar-refractivity contribution is 5.99. The molecule has 4 aromatic rings. The molecule has 0 aliphatic carbocycles. The van der Waals surface area contributed by atoms with Crippen molar-refractivity contribution in [3.63, 3.8) is 0 Å². The molecule has 2 aromatic heterocycles. The molecule has 1 amide bonds. The number of nitrogens with one attached hydrogen (secondary N) is 2. The number of amides is 1. The molecular formula is C19H17N5O3. The first-order valence-corrected chi connectivity index (χ1v) is 8.39. The fraction of sp³-hybridized carbons (Fsp3) is 0.158. The van der Waals surface area contributed by atoms with Gasteiger partial charge in [-0.2, -0.15) is 0 Å². The molecule has 0 fully saturated rings. The Kier molecular flexibility index (Phi) is 4.08. The zero-order valence-corrected chi connectivity index (χ0v) is 14.8. The average Bonchev–Trinajstić information content (AvgIpc) is 3.14. The summed E-state index contributed by atoms with van der Waals surface area (Å²) in [4.78, 5) is 27.9. The van der Waals surface area contributed by atoms with E-state index in [1.54, 1.807) is 19.2 Å². The van der Waals surface area contributed by atoms with Gasteiger partial charge >= 0.3 is 0 Å². The molecule has 27 heavy (non-hydrogen) atoms. The van der Waals surface area contributed by atoms with Crippen molar-refractivity contribution in [1.29, 1.82) is 0 Å². The number of rotatable bonds is 4. The van der Waals surface area contributed by atoms with Crippen LogP contribution in [0.2, 0.25) is 0 Å². The van der Waals surface area contributed by atoms with Gasteiger partial charge in [0.15, 0.2) is 11.2 Å². The number of para-hydroxylation sites is 2. The van der Waals surface area contributed by atoms with Crippen molar-refractivity contribution >= 4 is 22.5 Å². The smallest absolute Gasteiger partial charge is 0.277 e. The largest absolute Gasteiger partial charge is 0.497 e. The molecule has 0 aliphatic heterocycles. The Morgan fingerprint density at radius 3 is 2.67 bits per heavy atom. The van der Waals surface area contributed by atoms with Crippen molar-refractivity contribution in [2.75, 3.05) is 7.11 Å². The number of fused-ring (bicyclic) bond motifs is 3. The fourth-order valence-electron chi connectivity index (χ4n) is 2.99. The number of ether oxygens (including phenoxy) is 1. The second kappa shape index (κ2) is 6.56. The number of benzene rings is 2. The first-order valence-electron chi connectivity index (χ1n) is 8.39. The van der Waals surface area contributed by atoms with Crippen LogP contribution in [0.3, 0.4) is 0 Å². The highest BCUT2D eigenvalue weighted by Gasteiger charge is 2.21. The summed E-state index contributed by atoms with van der Waals surface area (Å²) in [7, 11) is 1.60. The zero-order chi connectivity index (χ0) is 19.0. The normalized spacial score (nSPS) is 12.2. The quantitative estimate of drug-likeness (QED) is 0.578. The first kappa shape index (κ1) is 16.8. The van der Waals surface area contributed by atoms with Crippen LogP contribution in [-0.4, -0.2) is 32.8 Å². The molecule has 8 nitrogen and oxygen atoms in total. The second-order valence-corrected chi connectivity index (χ2v) is 6.14. The van der Waals surface area contributed by atoms with E-state index in [1.807, 2.05) is 43.3 Å². The molecule has 2 N–H and O–H groups in total. The van der Waals surface area contributed by atoms with E-state index in [0.717, 1.165) is 11.3 Å². The van der Waals surface area contributed by atoms with E-state index in [9.17, 15) is 9.59 Å². The lowest BCUT2D eigenvalue weighted by Gasteiger charge is -2.13. The number of nitrogens with zero attached hydrogens (tertiary/aromatic N) is 3. The topological polar surface area (TPSA) is 101 Å². The van der Waals surface area contributed by atoms with Gasteiger partial charge in [-0.05, 0) is 36.8 Å². The molecule has 0 saturated heterocycles. The number of aromatic nitrogens is 4.